The van der Waals surface area contributed by atoms with E-state index in [1.54, 1.807) is 13.3 Å². The molecule has 0 bridgehead atoms. The van der Waals surface area contributed by atoms with Gasteiger partial charge < -0.3 is 20.7 Å². The van der Waals surface area contributed by atoms with Gasteiger partial charge in [-0.2, -0.15) is 4.98 Å². The van der Waals surface area contributed by atoms with E-state index in [2.05, 4.69) is 34.8 Å². The topological polar surface area (TPSA) is 88.9 Å². The van der Waals surface area contributed by atoms with E-state index in [4.69, 9.17) is 14.7 Å². The summed E-state index contributed by atoms with van der Waals surface area (Å²) in [5, 5.41) is 9.93. The molecule has 2 aromatic carbocycles. The van der Waals surface area contributed by atoms with Gasteiger partial charge in [-0.15, -0.1) is 0 Å². The van der Waals surface area contributed by atoms with Crippen molar-refractivity contribution < 1.29 is 13.5 Å². The minimum absolute atomic E-state index is 0.116. The quantitative estimate of drug-likeness (QED) is 0.266. The second-order valence-corrected chi connectivity index (χ2v) is 9.64. The lowest BCUT2D eigenvalue weighted by atomic mass is 9.90. The molecule has 0 unspecified atom stereocenters. The minimum Gasteiger partial charge on any atom is -0.497 e. The average molecular weight is 508 g/mol. The Hall–Kier alpha value is -3.79. The first-order valence-corrected chi connectivity index (χ1v) is 12.5. The number of fused-ring (bicyclic) bond motifs is 1. The monoisotopic (exact) mass is 507 g/mol. The van der Waals surface area contributed by atoms with Gasteiger partial charge >= 0.3 is 0 Å². The Kier molecular flexibility index (Phi) is 7.18. The number of benzene rings is 2. The number of hydrogen-bond acceptors (Lipinski definition) is 7. The Labute approximate surface area is 214 Å². The molecule has 0 amide bonds. The number of halogens is 2. The molecule has 194 valence electrons. The van der Waals surface area contributed by atoms with Crippen LogP contribution in [0.15, 0.2) is 48.7 Å². The highest BCUT2D eigenvalue weighted by Gasteiger charge is 2.27. The second kappa shape index (κ2) is 10.7. The van der Waals surface area contributed by atoms with Crippen LogP contribution < -0.4 is 20.7 Å². The number of nitrogens with one attached hydrogen (secondary N) is 3. The first-order valence-electron chi connectivity index (χ1n) is 12.5. The van der Waals surface area contributed by atoms with Crippen LogP contribution in [0.2, 0.25) is 0 Å². The van der Waals surface area contributed by atoms with Crippen LogP contribution in [0.3, 0.4) is 0 Å². The molecule has 0 aliphatic heterocycles. The molecule has 0 spiro atoms. The Bertz CT molecular complexity index is 1370. The summed E-state index contributed by atoms with van der Waals surface area (Å²) >= 11 is 0. The molecule has 2 aromatic heterocycles. The molecule has 0 saturated heterocycles. The lowest BCUT2D eigenvalue weighted by Gasteiger charge is -2.32. The summed E-state index contributed by atoms with van der Waals surface area (Å²) in [7, 11) is 1.62. The van der Waals surface area contributed by atoms with Crippen molar-refractivity contribution in [1.82, 2.24) is 24.8 Å². The zero-order valence-corrected chi connectivity index (χ0v) is 21.1. The summed E-state index contributed by atoms with van der Waals surface area (Å²) in [5.41, 5.74) is 2.21. The zero-order chi connectivity index (χ0) is 25.9. The lowest BCUT2D eigenvalue weighted by molar-refractivity contribution is 0.285. The van der Waals surface area contributed by atoms with E-state index >= 15 is 0 Å². The van der Waals surface area contributed by atoms with Crippen LogP contribution >= 0.6 is 0 Å². The number of aromatic nitrogens is 4. The van der Waals surface area contributed by atoms with Gasteiger partial charge in [0, 0.05) is 29.9 Å². The summed E-state index contributed by atoms with van der Waals surface area (Å²) in [6, 6.07) is 11.9. The van der Waals surface area contributed by atoms with E-state index in [-0.39, 0.29) is 11.7 Å². The van der Waals surface area contributed by atoms with Crippen LogP contribution in [0.4, 0.5) is 32.1 Å². The van der Waals surface area contributed by atoms with E-state index < -0.39 is 11.6 Å². The molecular weight excluding hydrogens is 476 g/mol. The van der Waals surface area contributed by atoms with Gasteiger partial charge in [-0.1, -0.05) is 13.8 Å². The largest absolute Gasteiger partial charge is 0.497 e. The molecule has 10 heteroatoms. The molecule has 5 rings (SSSR count). The van der Waals surface area contributed by atoms with Crippen LogP contribution in [0.25, 0.3) is 11.2 Å². The van der Waals surface area contributed by atoms with Gasteiger partial charge in [-0.3, -0.25) is 4.57 Å². The SMILES string of the molecule is COc1ccc(Nc2ncc3nc(Nc4ccc(F)cc4F)n(C4CCC(NC(C)C)CC4)c3n2)cc1. The van der Waals surface area contributed by atoms with E-state index in [1.165, 1.54) is 12.1 Å². The molecule has 37 heavy (non-hydrogen) atoms. The van der Waals surface area contributed by atoms with Crippen molar-refractivity contribution in [3.63, 3.8) is 0 Å². The van der Waals surface area contributed by atoms with E-state index in [0.717, 1.165) is 43.2 Å². The third-order valence-electron chi connectivity index (χ3n) is 6.59. The number of rotatable bonds is 8. The molecule has 1 fully saturated rings. The van der Waals surface area contributed by atoms with Crippen molar-refractivity contribution in [2.45, 2.75) is 57.7 Å². The molecule has 0 radical (unpaired) electrons. The first kappa shape index (κ1) is 24.9. The standard InChI is InChI=1S/C27H31F2N7O/c1-16(2)31-18-5-9-20(10-6-18)36-25-24(34-27(36)33-23-13-4-17(28)14-22(23)29)15-30-26(35-25)32-19-7-11-21(37-3)12-8-19/h4,7-8,11-16,18,20,31H,5-6,9-10H2,1-3H3,(H,33,34)(H,30,32,35). The fraction of sp³-hybridized carbons (Fsp3) is 0.370. The van der Waals surface area contributed by atoms with Gasteiger partial charge in [0.25, 0.3) is 0 Å². The van der Waals surface area contributed by atoms with Crippen LogP contribution in [0, 0.1) is 11.6 Å². The summed E-state index contributed by atoms with van der Waals surface area (Å²) in [5.74, 6) is 0.320. The fourth-order valence-corrected chi connectivity index (χ4v) is 4.87. The molecule has 2 heterocycles. The van der Waals surface area contributed by atoms with Gasteiger partial charge in [-0.25, -0.2) is 18.7 Å². The van der Waals surface area contributed by atoms with E-state index in [0.29, 0.717) is 35.1 Å². The third kappa shape index (κ3) is 5.64. The number of methoxy groups -OCH3 is 1. The number of ether oxygens (including phenoxy) is 1. The van der Waals surface area contributed by atoms with Gasteiger partial charge in [0.2, 0.25) is 11.9 Å². The maximum absolute atomic E-state index is 14.5. The normalized spacial score (nSPS) is 17.8. The Morgan fingerprint density at radius 1 is 0.973 bits per heavy atom. The Morgan fingerprint density at radius 3 is 2.41 bits per heavy atom. The van der Waals surface area contributed by atoms with Gasteiger partial charge in [0.1, 0.15) is 22.9 Å². The number of anilines is 4. The summed E-state index contributed by atoms with van der Waals surface area (Å²) < 4.78 is 35.3. The van der Waals surface area contributed by atoms with Crippen molar-refractivity contribution in [1.29, 1.82) is 0 Å². The molecule has 1 aliphatic rings. The summed E-state index contributed by atoms with van der Waals surface area (Å²) in [6.45, 7) is 4.31. The van der Waals surface area contributed by atoms with Crippen LogP contribution in [-0.4, -0.2) is 38.7 Å². The first-order chi connectivity index (χ1) is 17.9. The van der Waals surface area contributed by atoms with Crippen molar-refractivity contribution in [3.05, 3.63) is 60.3 Å². The molecule has 8 nitrogen and oxygen atoms in total. The van der Waals surface area contributed by atoms with Gasteiger partial charge in [0.15, 0.2) is 5.65 Å². The maximum atomic E-state index is 14.5. The van der Waals surface area contributed by atoms with Crippen LogP contribution in [0.1, 0.15) is 45.6 Å². The van der Waals surface area contributed by atoms with Crippen molar-refractivity contribution >= 4 is 34.4 Å². The number of imidazole rings is 1. The highest BCUT2D eigenvalue weighted by atomic mass is 19.1. The minimum atomic E-state index is -0.684. The number of nitrogens with zero attached hydrogens (tertiary/aromatic N) is 4. The van der Waals surface area contributed by atoms with Crippen molar-refractivity contribution in [3.8, 4) is 5.75 Å². The molecule has 1 aliphatic carbocycles. The molecular formula is C27H31F2N7O. The highest BCUT2D eigenvalue weighted by Crippen LogP contribution is 2.35. The number of hydrogen-bond donors (Lipinski definition) is 3. The second-order valence-electron chi connectivity index (χ2n) is 9.64. The van der Waals surface area contributed by atoms with E-state index in [1.807, 2.05) is 28.8 Å². The van der Waals surface area contributed by atoms with Crippen LogP contribution in [-0.2, 0) is 0 Å². The Morgan fingerprint density at radius 2 is 1.73 bits per heavy atom. The summed E-state index contributed by atoms with van der Waals surface area (Å²) in [6.07, 6.45) is 5.51. The van der Waals surface area contributed by atoms with Gasteiger partial charge in [0.05, 0.1) is 19.0 Å². The lowest BCUT2D eigenvalue weighted by Crippen LogP contribution is -2.38. The van der Waals surface area contributed by atoms with Gasteiger partial charge in [-0.05, 0) is 62.1 Å². The molecule has 4 aromatic rings. The smallest absolute Gasteiger partial charge is 0.229 e. The predicted octanol–water partition coefficient (Wildman–Crippen LogP) is 6.08. The van der Waals surface area contributed by atoms with E-state index in [9.17, 15) is 8.78 Å². The predicted molar refractivity (Wildman–Crippen MR) is 141 cm³/mol. The molecule has 0 atom stereocenters. The molecule has 1 saturated carbocycles. The molecule has 3 N–H and O–H groups in total. The van der Waals surface area contributed by atoms with Crippen molar-refractivity contribution in [2.24, 2.45) is 0 Å². The Balaban J connectivity index is 1.49. The zero-order valence-electron chi connectivity index (χ0n) is 21.1. The highest BCUT2D eigenvalue weighted by molar-refractivity contribution is 5.77. The third-order valence-corrected chi connectivity index (χ3v) is 6.59. The van der Waals surface area contributed by atoms with Crippen LogP contribution in [0.5, 0.6) is 5.75 Å². The summed E-state index contributed by atoms with van der Waals surface area (Å²) in [4.78, 5) is 13.9. The fourth-order valence-electron chi connectivity index (χ4n) is 4.87. The average Bonchev–Trinajstić information content (AvgIpc) is 3.23. The maximum Gasteiger partial charge on any atom is 0.229 e. The van der Waals surface area contributed by atoms with Crippen molar-refractivity contribution in [2.75, 3.05) is 17.7 Å².